The summed E-state index contributed by atoms with van der Waals surface area (Å²) in [6.07, 6.45) is 0. The van der Waals surface area contributed by atoms with Crippen molar-refractivity contribution < 1.29 is 14.3 Å². The zero-order chi connectivity index (χ0) is 19.4. The number of esters is 1. The molecule has 1 aliphatic rings. The van der Waals surface area contributed by atoms with E-state index in [4.69, 9.17) is 33.3 Å². The van der Waals surface area contributed by atoms with Crippen molar-refractivity contribution in [1.29, 1.82) is 0 Å². The first kappa shape index (κ1) is 19.2. The summed E-state index contributed by atoms with van der Waals surface area (Å²) in [7, 11) is 1.36. The third-order valence-corrected chi connectivity index (χ3v) is 4.81. The van der Waals surface area contributed by atoms with Gasteiger partial charge in [-0.05, 0) is 42.9 Å². The molecular weight excluding hydrogens is 384 g/mol. The summed E-state index contributed by atoms with van der Waals surface area (Å²) in [6.45, 7) is 2.14. The minimum absolute atomic E-state index is 0.347. The van der Waals surface area contributed by atoms with Gasteiger partial charge in [0.05, 0.1) is 18.7 Å². The molecule has 0 saturated carbocycles. The van der Waals surface area contributed by atoms with Gasteiger partial charge in [0, 0.05) is 16.3 Å². The highest BCUT2D eigenvalue weighted by molar-refractivity contribution is 7.80. The van der Waals surface area contributed by atoms with Crippen LogP contribution in [0.3, 0.4) is 0 Å². The number of nitrogens with one attached hydrogen (secondary N) is 2. The molecule has 1 atom stereocenters. The van der Waals surface area contributed by atoms with E-state index in [2.05, 4.69) is 10.6 Å². The number of allylic oxidation sites excluding steroid dienone is 1. The maximum absolute atomic E-state index is 12.3. The van der Waals surface area contributed by atoms with Gasteiger partial charge in [0.25, 0.3) is 0 Å². The summed E-state index contributed by atoms with van der Waals surface area (Å²) in [5, 5.41) is 7.20. The molecule has 0 amide bonds. The molecule has 1 heterocycles. The summed E-state index contributed by atoms with van der Waals surface area (Å²) in [5.41, 5.74) is 2.89. The first-order valence-electron chi connectivity index (χ1n) is 8.32. The monoisotopic (exact) mass is 402 g/mol. The van der Waals surface area contributed by atoms with E-state index in [9.17, 15) is 4.79 Å². The van der Waals surface area contributed by atoms with Crippen LogP contribution in [0, 0.1) is 0 Å². The minimum atomic E-state index is -0.421. The molecule has 0 aromatic heterocycles. The number of carbonyl (C=O) groups is 1. The van der Waals surface area contributed by atoms with Crippen molar-refractivity contribution in [2.75, 3.05) is 7.11 Å². The van der Waals surface area contributed by atoms with Crippen LogP contribution in [0.15, 0.2) is 59.8 Å². The normalized spacial score (nSPS) is 16.4. The number of hydrogen-bond donors (Lipinski definition) is 2. The second-order valence-electron chi connectivity index (χ2n) is 6.01. The van der Waals surface area contributed by atoms with E-state index >= 15 is 0 Å². The van der Waals surface area contributed by atoms with Crippen LogP contribution in [0.4, 0.5) is 0 Å². The van der Waals surface area contributed by atoms with Crippen LogP contribution >= 0.6 is 23.8 Å². The quantitative estimate of drug-likeness (QED) is 0.584. The Labute approximate surface area is 168 Å². The number of rotatable bonds is 5. The summed E-state index contributed by atoms with van der Waals surface area (Å²) in [5.74, 6) is 0.253. The summed E-state index contributed by atoms with van der Waals surface area (Å²) < 4.78 is 10.8. The number of carbonyl (C=O) groups excluding carboxylic acids is 1. The van der Waals surface area contributed by atoms with Gasteiger partial charge < -0.3 is 20.1 Å². The van der Waals surface area contributed by atoms with E-state index in [1.54, 1.807) is 6.92 Å². The van der Waals surface area contributed by atoms with Gasteiger partial charge in [0.2, 0.25) is 0 Å². The van der Waals surface area contributed by atoms with Crippen LogP contribution < -0.4 is 15.4 Å². The predicted molar refractivity (Wildman–Crippen MR) is 109 cm³/mol. The molecule has 0 unspecified atom stereocenters. The second kappa shape index (κ2) is 8.41. The van der Waals surface area contributed by atoms with Crippen LogP contribution in [0.2, 0.25) is 5.02 Å². The van der Waals surface area contributed by atoms with Crippen molar-refractivity contribution in [1.82, 2.24) is 10.6 Å². The Kier molecular flexibility index (Phi) is 5.98. The maximum Gasteiger partial charge on any atom is 0.337 e. The number of benzene rings is 2. The minimum Gasteiger partial charge on any atom is -0.489 e. The molecule has 0 radical (unpaired) electrons. The van der Waals surface area contributed by atoms with E-state index in [0.29, 0.717) is 33.8 Å². The van der Waals surface area contributed by atoms with Gasteiger partial charge in [-0.25, -0.2) is 4.79 Å². The Balaban J connectivity index is 1.85. The molecule has 27 heavy (non-hydrogen) atoms. The molecule has 1 aliphatic heterocycles. The van der Waals surface area contributed by atoms with Crippen molar-refractivity contribution >= 4 is 34.9 Å². The van der Waals surface area contributed by atoms with Gasteiger partial charge in [-0.15, -0.1) is 0 Å². The fraction of sp³-hybridized carbons (Fsp3) is 0.200. The standard InChI is InChI=1S/C20H19ClN2O3S/c1-12-17(19(24)25-2)18(23-20(27)22-12)13-7-5-8-15(10-13)26-11-14-6-3-4-9-16(14)21/h3-10,18H,11H2,1-2H3,(H2,22,23,27)/t18-/m1/s1. The molecule has 2 aromatic rings. The second-order valence-corrected chi connectivity index (χ2v) is 6.83. The number of hydrogen-bond acceptors (Lipinski definition) is 4. The van der Waals surface area contributed by atoms with Crippen LogP contribution in [-0.4, -0.2) is 18.2 Å². The largest absolute Gasteiger partial charge is 0.489 e. The molecule has 5 nitrogen and oxygen atoms in total. The van der Waals surface area contributed by atoms with Gasteiger partial charge in [-0.1, -0.05) is 41.9 Å². The Morgan fingerprint density at radius 2 is 2.00 bits per heavy atom. The average Bonchev–Trinajstić information content (AvgIpc) is 2.66. The van der Waals surface area contributed by atoms with Crippen molar-refractivity contribution in [3.05, 3.63) is 76.0 Å². The van der Waals surface area contributed by atoms with Crippen molar-refractivity contribution in [3.8, 4) is 5.75 Å². The molecule has 2 N–H and O–H groups in total. The van der Waals surface area contributed by atoms with Crippen molar-refractivity contribution in [3.63, 3.8) is 0 Å². The van der Waals surface area contributed by atoms with Gasteiger partial charge >= 0.3 is 5.97 Å². The highest BCUT2D eigenvalue weighted by atomic mass is 35.5. The Hall–Kier alpha value is -2.57. The van der Waals surface area contributed by atoms with E-state index in [-0.39, 0.29) is 0 Å². The topological polar surface area (TPSA) is 59.6 Å². The lowest BCUT2D eigenvalue weighted by atomic mass is 9.95. The van der Waals surface area contributed by atoms with Crippen LogP contribution in [0.5, 0.6) is 5.75 Å². The zero-order valence-electron chi connectivity index (χ0n) is 14.9. The first-order chi connectivity index (χ1) is 13.0. The maximum atomic E-state index is 12.3. The molecule has 0 fully saturated rings. The molecule has 0 saturated heterocycles. The Morgan fingerprint density at radius 1 is 1.22 bits per heavy atom. The SMILES string of the molecule is COC(=O)C1=C(C)NC(=S)N[C@@H]1c1cccc(OCc2ccccc2Cl)c1. The van der Waals surface area contributed by atoms with Crippen LogP contribution in [-0.2, 0) is 16.1 Å². The molecule has 140 valence electrons. The van der Waals surface area contributed by atoms with Crippen LogP contribution in [0.1, 0.15) is 24.1 Å². The third kappa shape index (κ3) is 4.40. The zero-order valence-corrected chi connectivity index (χ0v) is 16.5. The van der Waals surface area contributed by atoms with Gasteiger partial charge in [0.15, 0.2) is 5.11 Å². The Morgan fingerprint density at radius 3 is 2.74 bits per heavy atom. The van der Waals surface area contributed by atoms with Gasteiger partial charge in [-0.3, -0.25) is 0 Å². The number of methoxy groups -OCH3 is 1. The van der Waals surface area contributed by atoms with E-state index in [0.717, 1.165) is 11.1 Å². The van der Waals surface area contributed by atoms with Gasteiger partial charge in [-0.2, -0.15) is 0 Å². The van der Waals surface area contributed by atoms with Gasteiger partial charge in [0.1, 0.15) is 12.4 Å². The lowest BCUT2D eigenvalue weighted by Crippen LogP contribution is -2.45. The first-order valence-corrected chi connectivity index (χ1v) is 9.11. The molecule has 2 aromatic carbocycles. The lowest BCUT2D eigenvalue weighted by molar-refractivity contribution is -0.136. The third-order valence-electron chi connectivity index (χ3n) is 4.22. The predicted octanol–water partition coefficient (Wildman–Crippen LogP) is 3.88. The van der Waals surface area contributed by atoms with Crippen molar-refractivity contribution in [2.24, 2.45) is 0 Å². The van der Waals surface area contributed by atoms with E-state index in [1.807, 2.05) is 48.5 Å². The number of ether oxygens (including phenoxy) is 2. The molecule has 0 bridgehead atoms. The fourth-order valence-electron chi connectivity index (χ4n) is 2.88. The summed E-state index contributed by atoms with van der Waals surface area (Å²) >= 11 is 11.4. The molecule has 0 aliphatic carbocycles. The molecule has 0 spiro atoms. The number of thiocarbonyl (C=S) groups is 1. The Bertz CT molecular complexity index is 914. The summed E-state index contributed by atoms with van der Waals surface area (Å²) in [6, 6.07) is 14.6. The van der Waals surface area contributed by atoms with E-state index < -0.39 is 12.0 Å². The molecule has 3 rings (SSSR count). The average molecular weight is 403 g/mol. The molecular formula is C20H19ClN2O3S. The number of halogens is 1. The highest BCUT2D eigenvalue weighted by Crippen LogP contribution is 2.30. The van der Waals surface area contributed by atoms with Crippen LogP contribution in [0.25, 0.3) is 0 Å². The smallest absolute Gasteiger partial charge is 0.337 e. The molecule has 7 heteroatoms. The fourth-order valence-corrected chi connectivity index (χ4v) is 3.35. The van der Waals surface area contributed by atoms with E-state index in [1.165, 1.54) is 7.11 Å². The summed E-state index contributed by atoms with van der Waals surface area (Å²) in [4.78, 5) is 12.3. The van der Waals surface area contributed by atoms with Crippen molar-refractivity contribution in [2.45, 2.75) is 19.6 Å². The lowest BCUT2D eigenvalue weighted by Gasteiger charge is -2.29. The highest BCUT2D eigenvalue weighted by Gasteiger charge is 2.30.